The van der Waals surface area contributed by atoms with Crippen LogP contribution >= 0.6 is 21.2 Å². The fraction of sp³-hybridized carbons (Fsp3) is 0.231. The number of halogens is 1. The molecular weight excluding hydrogens is 361 g/mol. The largest absolute Gasteiger partial charge is 0.377 e. The van der Waals surface area contributed by atoms with Gasteiger partial charge in [0.1, 0.15) is 0 Å². The molecule has 0 unspecified atom stereocenters. The molecule has 0 atom stereocenters. The number of rotatable bonds is 3. The van der Waals surface area contributed by atoms with Crippen molar-refractivity contribution in [3.63, 3.8) is 0 Å². The summed E-state index contributed by atoms with van der Waals surface area (Å²) in [6.07, 6.45) is 0. The minimum Gasteiger partial charge on any atom is -0.377 e. The van der Waals surface area contributed by atoms with Crippen LogP contribution in [0.5, 0.6) is 0 Å². The van der Waals surface area contributed by atoms with E-state index in [1.807, 2.05) is 55.4 Å². The van der Waals surface area contributed by atoms with E-state index in [1.165, 1.54) is 21.2 Å². The molecule has 0 spiro atoms. The van der Waals surface area contributed by atoms with Gasteiger partial charge >= 0.3 is 0 Å². The first kappa shape index (κ1) is 13.6. The maximum absolute atomic E-state index is 11.4. The molecule has 0 aliphatic rings. The maximum atomic E-state index is 11.4. The molecule has 0 amide bonds. The van der Waals surface area contributed by atoms with Gasteiger partial charge in [-0.15, -0.1) is 0 Å². The molecule has 2 aromatic carbocycles. The number of hydrogen-bond donors (Lipinski definition) is 0. The van der Waals surface area contributed by atoms with Crippen molar-refractivity contribution in [2.45, 2.75) is 5.75 Å². The van der Waals surface area contributed by atoms with Gasteiger partial charge in [0.2, 0.25) is 7.01 Å². The molecule has 0 aliphatic carbocycles. The quantitative estimate of drug-likeness (QED) is 0.611. The lowest BCUT2D eigenvalue weighted by atomic mass is 10.0. The molecule has 2 rings (SSSR count). The third-order valence-electron chi connectivity index (χ3n) is 2.80. The first-order chi connectivity index (χ1) is 8.38. The Labute approximate surface area is 119 Å². The van der Waals surface area contributed by atoms with E-state index in [4.69, 9.17) is 0 Å². The summed E-state index contributed by atoms with van der Waals surface area (Å²) in [5.74, 6) is 0.0712. The predicted octanol–water partition coefficient (Wildman–Crippen LogP) is 3.17. The van der Waals surface area contributed by atoms with Crippen molar-refractivity contribution in [2.24, 2.45) is 0 Å². The third kappa shape index (κ3) is 2.95. The minimum atomic E-state index is -3.05. The summed E-state index contributed by atoms with van der Waals surface area (Å²) >= 11 is 1.50. The number of hydrogen-bond acceptors (Lipinski definition) is 3. The molecule has 0 saturated heterocycles. The smallest absolute Gasteiger partial charge is 0.207 e. The summed E-state index contributed by atoms with van der Waals surface area (Å²) in [6.45, 7) is 0. The van der Waals surface area contributed by atoms with Crippen LogP contribution in [-0.4, -0.2) is 22.5 Å². The molecule has 0 fully saturated rings. The van der Waals surface area contributed by atoms with Gasteiger partial charge in [0, 0.05) is 25.2 Å². The van der Waals surface area contributed by atoms with E-state index in [0.717, 1.165) is 22.0 Å². The van der Waals surface area contributed by atoms with E-state index < -0.39 is 7.01 Å². The zero-order valence-electron chi connectivity index (χ0n) is 10.2. The summed E-state index contributed by atoms with van der Waals surface area (Å²) in [7, 11) is 0.920. The average molecular weight is 375 g/mol. The maximum Gasteiger partial charge on any atom is 0.207 e. The van der Waals surface area contributed by atoms with Crippen LogP contribution in [0.4, 0.5) is 5.69 Å². The highest BCUT2D eigenvalue weighted by molar-refractivity contribution is 14.2. The Kier molecular flexibility index (Phi) is 3.82. The van der Waals surface area contributed by atoms with Gasteiger partial charge in [0.15, 0.2) is 0 Å². The Morgan fingerprint density at radius 3 is 2.28 bits per heavy atom. The summed E-state index contributed by atoms with van der Waals surface area (Å²) < 4.78 is 22.9. The number of anilines is 1. The topological polar surface area (TPSA) is 37.4 Å². The molecule has 96 valence electrons. The molecule has 0 radical (unpaired) electrons. The first-order valence-electron chi connectivity index (χ1n) is 5.49. The number of benzene rings is 2. The Bertz CT molecular complexity index is 680. The minimum absolute atomic E-state index is 0.0712. The summed E-state index contributed by atoms with van der Waals surface area (Å²) in [6, 6.07) is 11.8. The molecule has 0 bridgehead atoms. The molecular formula is C13H14INO2S. The molecule has 5 heteroatoms. The van der Waals surface area contributed by atoms with E-state index in [1.54, 1.807) is 0 Å². The van der Waals surface area contributed by atoms with Gasteiger partial charge in [0.25, 0.3) is 0 Å². The van der Waals surface area contributed by atoms with Gasteiger partial charge in [-0.25, -0.2) is 8.42 Å². The molecule has 2 aromatic rings. The van der Waals surface area contributed by atoms with Gasteiger partial charge in [-0.1, -0.05) is 30.3 Å². The fourth-order valence-corrected chi connectivity index (χ4v) is 3.69. The highest BCUT2D eigenvalue weighted by Crippen LogP contribution is 2.29. The van der Waals surface area contributed by atoms with Crippen LogP contribution in [0.3, 0.4) is 0 Å². The second kappa shape index (κ2) is 5.05. The van der Waals surface area contributed by atoms with E-state index >= 15 is 0 Å². The lowest BCUT2D eigenvalue weighted by Gasteiger charge is -2.16. The van der Waals surface area contributed by atoms with Crippen molar-refractivity contribution in [3.8, 4) is 0 Å². The van der Waals surface area contributed by atoms with Crippen molar-refractivity contribution >= 4 is 44.7 Å². The van der Waals surface area contributed by atoms with Gasteiger partial charge in [-0.2, -0.15) is 0 Å². The zero-order chi connectivity index (χ0) is 13.3. The number of nitrogens with zero attached hydrogens (tertiary/aromatic N) is 1. The lowest BCUT2D eigenvalue weighted by molar-refractivity contribution is 0.612. The Morgan fingerprint density at radius 1 is 1.06 bits per heavy atom. The Hall–Kier alpha value is -0.820. The fourth-order valence-electron chi connectivity index (χ4n) is 2.06. The Morgan fingerprint density at radius 2 is 1.67 bits per heavy atom. The second-order valence-electron chi connectivity index (χ2n) is 4.37. The van der Waals surface area contributed by atoms with E-state index in [-0.39, 0.29) is 5.75 Å². The van der Waals surface area contributed by atoms with Crippen LogP contribution in [0.1, 0.15) is 5.56 Å². The molecule has 0 aliphatic heterocycles. The van der Waals surface area contributed by atoms with Crippen LogP contribution in [0.2, 0.25) is 0 Å². The summed E-state index contributed by atoms with van der Waals surface area (Å²) in [5.41, 5.74) is 1.95. The molecule has 0 heterocycles. The second-order valence-corrected chi connectivity index (χ2v) is 9.76. The molecule has 18 heavy (non-hydrogen) atoms. The molecule has 0 N–H and O–H groups in total. The van der Waals surface area contributed by atoms with Crippen LogP contribution < -0.4 is 4.90 Å². The van der Waals surface area contributed by atoms with Crippen LogP contribution in [-0.2, 0) is 12.8 Å². The SMILES string of the molecule is CN(C)c1cccc2c(CS(=O)(=O)I)cccc12. The average Bonchev–Trinajstić information content (AvgIpc) is 2.26. The predicted molar refractivity (Wildman–Crippen MR) is 84.9 cm³/mol. The molecule has 0 aromatic heterocycles. The van der Waals surface area contributed by atoms with Crippen molar-refractivity contribution in [3.05, 3.63) is 42.0 Å². The highest BCUT2D eigenvalue weighted by atomic mass is 127. The third-order valence-corrected chi connectivity index (χ3v) is 4.39. The first-order valence-corrected chi connectivity index (χ1v) is 9.68. The van der Waals surface area contributed by atoms with Crippen molar-refractivity contribution < 1.29 is 8.42 Å². The van der Waals surface area contributed by atoms with E-state index in [9.17, 15) is 8.42 Å². The standard InChI is InChI=1S/C13H14INO2S/c1-15(2)13-8-4-6-11-10(9-18(14,16)17)5-3-7-12(11)13/h3-8H,9H2,1-2H3. The van der Waals surface area contributed by atoms with E-state index in [0.29, 0.717) is 0 Å². The monoisotopic (exact) mass is 375 g/mol. The zero-order valence-corrected chi connectivity index (χ0v) is 13.2. The normalized spacial score (nSPS) is 11.7. The van der Waals surface area contributed by atoms with Crippen LogP contribution in [0.15, 0.2) is 36.4 Å². The number of fused-ring (bicyclic) bond motifs is 1. The molecule has 3 nitrogen and oxygen atoms in total. The summed E-state index contributed by atoms with van der Waals surface area (Å²) in [4.78, 5) is 2.03. The van der Waals surface area contributed by atoms with Gasteiger partial charge in [-0.05, 0) is 17.0 Å². The van der Waals surface area contributed by atoms with Gasteiger partial charge in [-0.3, -0.25) is 0 Å². The van der Waals surface area contributed by atoms with Crippen molar-refractivity contribution in [1.82, 2.24) is 0 Å². The Balaban J connectivity index is 2.68. The van der Waals surface area contributed by atoms with Crippen LogP contribution in [0.25, 0.3) is 10.8 Å². The van der Waals surface area contributed by atoms with Gasteiger partial charge < -0.3 is 4.90 Å². The highest BCUT2D eigenvalue weighted by Gasteiger charge is 2.11. The van der Waals surface area contributed by atoms with Crippen molar-refractivity contribution in [2.75, 3.05) is 19.0 Å². The van der Waals surface area contributed by atoms with Gasteiger partial charge in [0.05, 0.1) is 27.0 Å². The van der Waals surface area contributed by atoms with Crippen LogP contribution in [0, 0.1) is 0 Å². The lowest BCUT2D eigenvalue weighted by Crippen LogP contribution is -2.09. The van der Waals surface area contributed by atoms with E-state index in [2.05, 4.69) is 0 Å². The summed E-state index contributed by atoms with van der Waals surface area (Å²) in [5, 5.41) is 2.09. The van der Waals surface area contributed by atoms with Crippen molar-refractivity contribution in [1.29, 1.82) is 0 Å². The molecule has 0 saturated carbocycles.